The summed E-state index contributed by atoms with van der Waals surface area (Å²) in [6, 6.07) is 10.5. The molecule has 1 aromatic heterocycles. The van der Waals surface area contributed by atoms with Gasteiger partial charge < -0.3 is 14.5 Å². The van der Waals surface area contributed by atoms with Crippen LogP contribution in [0.4, 0.5) is 10.7 Å². The first kappa shape index (κ1) is 24.0. The third-order valence-electron chi connectivity index (χ3n) is 7.45. The minimum absolute atomic E-state index is 0.00278. The molecule has 3 fully saturated rings. The second kappa shape index (κ2) is 9.39. The van der Waals surface area contributed by atoms with E-state index in [1.54, 1.807) is 11.8 Å². The fourth-order valence-corrected chi connectivity index (χ4v) is 6.28. The van der Waals surface area contributed by atoms with E-state index in [0.29, 0.717) is 31.0 Å². The maximum absolute atomic E-state index is 12.8. The number of hydrogen-bond donors (Lipinski definition) is 0. The van der Waals surface area contributed by atoms with Crippen LogP contribution in [0.25, 0.3) is 0 Å². The molecular formula is C25H33N5O4S. The van der Waals surface area contributed by atoms with E-state index in [9.17, 15) is 13.2 Å². The Hall–Kier alpha value is -2.72. The molecule has 1 aromatic carbocycles. The van der Waals surface area contributed by atoms with Crippen molar-refractivity contribution in [3.8, 4) is 0 Å². The van der Waals surface area contributed by atoms with Gasteiger partial charge in [-0.2, -0.15) is 0 Å². The standard InChI is InChI=1S/C25H33N5O4S/c1-3-35(32,33)22-13-26-23(27-14-22)29-9-10-30(19(2)15-29)24(31)34-21-11-25(12-21)17-28(18-25)16-20-7-5-4-6-8-20/h4-8,13-14,19,21H,3,9-12,15-18H2,1-2H3/t19-/m1/s1. The van der Waals surface area contributed by atoms with Crippen LogP contribution in [-0.4, -0.2) is 84.9 Å². The number of piperazine rings is 1. The molecule has 1 saturated carbocycles. The van der Waals surface area contributed by atoms with E-state index in [2.05, 4.69) is 39.1 Å². The van der Waals surface area contributed by atoms with E-state index >= 15 is 0 Å². The average molecular weight is 500 g/mol. The maximum atomic E-state index is 12.8. The summed E-state index contributed by atoms with van der Waals surface area (Å²) >= 11 is 0. The fraction of sp³-hybridized carbons (Fsp3) is 0.560. The number of ether oxygens (including phenoxy) is 1. The van der Waals surface area contributed by atoms with Gasteiger partial charge in [-0.3, -0.25) is 4.90 Å². The van der Waals surface area contributed by atoms with Gasteiger partial charge in [0, 0.05) is 50.7 Å². The van der Waals surface area contributed by atoms with Gasteiger partial charge in [0.25, 0.3) is 0 Å². The number of hydrogen-bond acceptors (Lipinski definition) is 8. The van der Waals surface area contributed by atoms with Crippen molar-refractivity contribution in [2.75, 3.05) is 43.4 Å². The third-order valence-corrected chi connectivity index (χ3v) is 9.14. The molecule has 5 rings (SSSR count). The molecule has 2 aromatic rings. The van der Waals surface area contributed by atoms with Crippen LogP contribution in [0.5, 0.6) is 0 Å². The molecule has 3 heterocycles. The molecule has 0 bridgehead atoms. The van der Waals surface area contributed by atoms with Gasteiger partial charge >= 0.3 is 6.09 Å². The molecule has 2 saturated heterocycles. The zero-order valence-corrected chi connectivity index (χ0v) is 21.2. The number of benzene rings is 1. The van der Waals surface area contributed by atoms with Gasteiger partial charge in [-0.1, -0.05) is 37.3 Å². The molecule has 1 aliphatic carbocycles. The van der Waals surface area contributed by atoms with Crippen molar-refractivity contribution in [1.82, 2.24) is 19.8 Å². The summed E-state index contributed by atoms with van der Waals surface area (Å²) in [4.78, 5) is 27.7. The van der Waals surface area contributed by atoms with Crippen molar-refractivity contribution in [2.24, 2.45) is 5.41 Å². The number of anilines is 1. The second-order valence-corrected chi connectivity index (χ2v) is 12.4. The molecule has 1 atom stereocenters. The highest BCUT2D eigenvalue weighted by Crippen LogP contribution is 2.50. The Labute approximate surface area is 207 Å². The number of carbonyl (C=O) groups is 1. The molecule has 0 N–H and O–H groups in total. The topological polar surface area (TPSA) is 95.9 Å². The number of carbonyl (C=O) groups excluding carboxylic acids is 1. The molecular weight excluding hydrogens is 466 g/mol. The number of amides is 1. The molecule has 3 aliphatic rings. The predicted molar refractivity (Wildman–Crippen MR) is 132 cm³/mol. The summed E-state index contributed by atoms with van der Waals surface area (Å²) in [7, 11) is -3.32. The van der Waals surface area contributed by atoms with E-state index < -0.39 is 9.84 Å². The summed E-state index contributed by atoms with van der Waals surface area (Å²) in [5.41, 5.74) is 1.66. The molecule has 2 aliphatic heterocycles. The zero-order valence-electron chi connectivity index (χ0n) is 20.3. The lowest BCUT2D eigenvalue weighted by Crippen LogP contribution is -2.64. The summed E-state index contributed by atoms with van der Waals surface area (Å²) in [5.74, 6) is 0.493. The Balaban J connectivity index is 1.07. The molecule has 0 radical (unpaired) electrons. The van der Waals surface area contributed by atoms with Crippen molar-refractivity contribution in [3.05, 3.63) is 48.3 Å². The average Bonchev–Trinajstić information content (AvgIpc) is 2.82. The Morgan fingerprint density at radius 3 is 2.43 bits per heavy atom. The molecule has 0 unspecified atom stereocenters. The lowest BCUT2D eigenvalue weighted by molar-refractivity contribution is -0.136. The lowest BCUT2D eigenvalue weighted by atomic mass is 9.61. The predicted octanol–water partition coefficient (Wildman–Crippen LogP) is 2.58. The molecule has 188 valence electrons. The van der Waals surface area contributed by atoms with Gasteiger partial charge in [0.05, 0.1) is 18.1 Å². The number of aromatic nitrogens is 2. The van der Waals surface area contributed by atoms with Crippen LogP contribution in [0.1, 0.15) is 32.3 Å². The van der Waals surface area contributed by atoms with Crippen molar-refractivity contribution >= 4 is 21.9 Å². The first-order valence-electron chi connectivity index (χ1n) is 12.3. The highest BCUT2D eigenvalue weighted by molar-refractivity contribution is 7.91. The Morgan fingerprint density at radius 1 is 1.11 bits per heavy atom. The van der Waals surface area contributed by atoms with Crippen LogP contribution < -0.4 is 4.90 Å². The first-order valence-corrected chi connectivity index (χ1v) is 14.0. The highest BCUT2D eigenvalue weighted by atomic mass is 32.2. The second-order valence-electron chi connectivity index (χ2n) is 10.2. The summed E-state index contributed by atoms with van der Waals surface area (Å²) in [5, 5.41) is 0. The Bertz CT molecular complexity index is 1140. The van der Waals surface area contributed by atoms with Crippen LogP contribution in [-0.2, 0) is 21.1 Å². The van der Waals surface area contributed by atoms with Crippen molar-refractivity contribution in [2.45, 2.75) is 50.3 Å². The van der Waals surface area contributed by atoms with E-state index in [4.69, 9.17) is 4.74 Å². The maximum Gasteiger partial charge on any atom is 0.410 e. The van der Waals surface area contributed by atoms with Gasteiger partial charge in [-0.05, 0) is 25.3 Å². The molecule has 10 heteroatoms. The largest absolute Gasteiger partial charge is 0.446 e. The van der Waals surface area contributed by atoms with Crippen LogP contribution in [0.15, 0.2) is 47.6 Å². The molecule has 1 amide bonds. The van der Waals surface area contributed by atoms with Gasteiger partial charge in [0.2, 0.25) is 5.95 Å². The lowest BCUT2D eigenvalue weighted by Gasteiger charge is -2.58. The van der Waals surface area contributed by atoms with Gasteiger partial charge in [0.15, 0.2) is 9.84 Å². The summed E-state index contributed by atoms with van der Waals surface area (Å²) in [6.07, 6.45) is 4.37. The van der Waals surface area contributed by atoms with Crippen molar-refractivity contribution in [1.29, 1.82) is 0 Å². The van der Waals surface area contributed by atoms with Gasteiger partial charge in [-0.25, -0.2) is 23.2 Å². The molecule has 35 heavy (non-hydrogen) atoms. The monoisotopic (exact) mass is 499 g/mol. The van der Waals surface area contributed by atoms with E-state index in [0.717, 1.165) is 32.5 Å². The SMILES string of the molecule is CCS(=O)(=O)c1cnc(N2CCN(C(=O)OC3CC4(C3)CN(Cc3ccccc3)C4)[C@H](C)C2)nc1. The van der Waals surface area contributed by atoms with E-state index in [1.807, 2.05) is 17.9 Å². The number of nitrogens with zero attached hydrogens (tertiary/aromatic N) is 5. The van der Waals surface area contributed by atoms with Crippen LogP contribution in [0, 0.1) is 5.41 Å². The summed E-state index contributed by atoms with van der Waals surface area (Å²) < 4.78 is 29.8. The van der Waals surface area contributed by atoms with Crippen LogP contribution >= 0.6 is 0 Å². The van der Waals surface area contributed by atoms with Gasteiger partial charge in [0.1, 0.15) is 11.0 Å². The van der Waals surface area contributed by atoms with Crippen molar-refractivity contribution < 1.29 is 17.9 Å². The fourth-order valence-electron chi connectivity index (χ4n) is 5.52. The molecule has 1 spiro atoms. The smallest absolute Gasteiger partial charge is 0.410 e. The van der Waals surface area contributed by atoms with E-state index in [1.165, 1.54) is 18.0 Å². The van der Waals surface area contributed by atoms with E-state index in [-0.39, 0.29) is 28.9 Å². The minimum Gasteiger partial charge on any atom is -0.446 e. The highest BCUT2D eigenvalue weighted by Gasteiger charge is 2.53. The first-order chi connectivity index (χ1) is 16.8. The number of rotatable bonds is 6. The van der Waals surface area contributed by atoms with Gasteiger partial charge in [-0.15, -0.1) is 0 Å². The Morgan fingerprint density at radius 2 is 1.80 bits per heavy atom. The number of sulfone groups is 1. The quantitative estimate of drug-likeness (QED) is 0.599. The normalized spacial score (nSPS) is 22.5. The number of likely N-dealkylation sites (tertiary alicyclic amines) is 1. The van der Waals surface area contributed by atoms with Crippen molar-refractivity contribution in [3.63, 3.8) is 0 Å². The summed E-state index contributed by atoms with van der Waals surface area (Å²) in [6.45, 7) is 8.36. The molecule has 9 nitrogen and oxygen atoms in total. The zero-order chi connectivity index (χ0) is 24.6. The van der Waals surface area contributed by atoms with Crippen LogP contribution in [0.2, 0.25) is 0 Å². The minimum atomic E-state index is -3.32. The van der Waals surface area contributed by atoms with Crippen LogP contribution in [0.3, 0.4) is 0 Å². The Kier molecular flexibility index (Phi) is 6.43. The third kappa shape index (κ3) is 4.99.